The maximum atomic E-state index is 3.84. The minimum Gasteiger partial charge on any atom is -0.103 e. The standard InChI is InChI=1S/C12H15I/c1-2-11(10-13)8-9-12-6-4-3-5-7-12/h2-7,11H,1,8-10H2/t11-/m0/s1. The van der Waals surface area contributed by atoms with E-state index in [1.165, 1.54) is 22.8 Å². The third-order valence-corrected chi connectivity index (χ3v) is 3.31. The van der Waals surface area contributed by atoms with Gasteiger partial charge in [0.1, 0.15) is 0 Å². The van der Waals surface area contributed by atoms with Gasteiger partial charge in [-0.15, -0.1) is 6.58 Å². The smallest absolute Gasteiger partial charge is 0.00583 e. The van der Waals surface area contributed by atoms with Gasteiger partial charge in [-0.1, -0.05) is 59.0 Å². The summed E-state index contributed by atoms with van der Waals surface area (Å²) in [5.74, 6) is 0.667. The van der Waals surface area contributed by atoms with Crippen molar-refractivity contribution in [2.24, 2.45) is 5.92 Å². The van der Waals surface area contributed by atoms with Crippen LogP contribution in [-0.2, 0) is 6.42 Å². The van der Waals surface area contributed by atoms with Gasteiger partial charge in [-0.25, -0.2) is 0 Å². The van der Waals surface area contributed by atoms with Crippen LogP contribution in [0, 0.1) is 5.92 Å². The van der Waals surface area contributed by atoms with Crippen LogP contribution in [0.1, 0.15) is 12.0 Å². The fourth-order valence-corrected chi connectivity index (χ4v) is 2.05. The highest BCUT2D eigenvalue weighted by Crippen LogP contribution is 2.12. The first-order valence-electron chi connectivity index (χ1n) is 4.59. The van der Waals surface area contributed by atoms with E-state index in [-0.39, 0.29) is 0 Å². The van der Waals surface area contributed by atoms with Crippen molar-refractivity contribution in [1.29, 1.82) is 0 Å². The molecule has 0 bridgehead atoms. The summed E-state index contributed by atoms with van der Waals surface area (Å²) in [7, 11) is 0. The molecule has 0 saturated heterocycles. The largest absolute Gasteiger partial charge is 0.103 e. The van der Waals surface area contributed by atoms with Gasteiger partial charge in [-0.2, -0.15) is 0 Å². The van der Waals surface area contributed by atoms with Gasteiger partial charge < -0.3 is 0 Å². The summed E-state index contributed by atoms with van der Waals surface area (Å²) < 4.78 is 1.17. The van der Waals surface area contributed by atoms with Crippen molar-refractivity contribution in [2.75, 3.05) is 4.43 Å². The summed E-state index contributed by atoms with van der Waals surface area (Å²) in [5.41, 5.74) is 1.43. The molecule has 1 heteroatoms. The molecule has 0 aliphatic carbocycles. The summed E-state index contributed by atoms with van der Waals surface area (Å²) in [5, 5.41) is 0. The Labute approximate surface area is 94.2 Å². The van der Waals surface area contributed by atoms with Crippen molar-refractivity contribution in [2.45, 2.75) is 12.8 Å². The van der Waals surface area contributed by atoms with Crippen LogP contribution in [0.25, 0.3) is 0 Å². The molecule has 0 N–H and O–H groups in total. The molecule has 0 spiro atoms. The van der Waals surface area contributed by atoms with Crippen molar-refractivity contribution in [1.82, 2.24) is 0 Å². The summed E-state index contributed by atoms with van der Waals surface area (Å²) in [6.07, 6.45) is 4.45. The van der Waals surface area contributed by atoms with Crippen LogP contribution in [0.3, 0.4) is 0 Å². The number of halogens is 1. The van der Waals surface area contributed by atoms with Crippen LogP contribution in [-0.4, -0.2) is 4.43 Å². The number of benzene rings is 1. The summed E-state index contributed by atoms with van der Waals surface area (Å²) in [6.45, 7) is 3.84. The molecule has 1 aromatic carbocycles. The van der Waals surface area contributed by atoms with E-state index < -0.39 is 0 Å². The lowest BCUT2D eigenvalue weighted by Crippen LogP contribution is -1.99. The summed E-state index contributed by atoms with van der Waals surface area (Å²) in [4.78, 5) is 0. The highest BCUT2D eigenvalue weighted by Gasteiger charge is 2.01. The van der Waals surface area contributed by atoms with Crippen molar-refractivity contribution < 1.29 is 0 Å². The lowest BCUT2D eigenvalue weighted by Gasteiger charge is -2.07. The number of hydrogen-bond acceptors (Lipinski definition) is 0. The topological polar surface area (TPSA) is 0 Å². The highest BCUT2D eigenvalue weighted by atomic mass is 127. The van der Waals surface area contributed by atoms with Crippen LogP contribution >= 0.6 is 22.6 Å². The molecule has 0 aliphatic rings. The van der Waals surface area contributed by atoms with Crippen LogP contribution in [0.4, 0.5) is 0 Å². The van der Waals surface area contributed by atoms with Crippen LogP contribution in [0.15, 0.2) is 43.0 Å². The Morgan fingerprint density at radius 1 is 1.31 bits per heavy atom. The molecule has 0 saturated carbocycles. The molecule has 0 nitrogen and oxygen atoms in total. The van der Waals surface area contributed by atoms with E-state index in [0.717, 1.165) is 0 Å². The van der Waals surface area contributed by atoms with E-state index in [4.69, 9.17) is 0 Å². The Kier molecular flexibility index (Phi) is 5.13. The Morgan fingerprint density at radius 3 is 2.54 bits per heavy atom. The molecule has 0 unspecified atom stereocenters. The van der Waals surface area contributed by atoms with Gasteiger partial charge in [0.2, 0.25) is 0 Å². The second-order valence-corrected chi connectivity index (χ2v) is 4.06. The van der Waals surface area contributed by atoms with Gasteiger partial charge in [0, 0.05) is 4.43 Å². The molecule has 70 valence electrons. The summed E-state index contributed by atoms with van der Waals surface area (Å²) in [6, 6.07) is 10.6. The Morgan fingerprint density at radius 2 is 2.00 bits per heavy atom. The SMILES string of the molecule is C=C[C@H](CI)CCc1ccccc1. The number of aryl methyl sites for hydroxylation is 1. The zero-order chi connectivity index (χ0) is 9.52. The fourth-order valence-electron chi connectivity index (χ4n) is 1.25. The molecule has 1 atom stereocenters. The van der Waals surface area contributed by atoms with E-state index >= 15 is 0 Å². The number of allylic oxidation sites excluding steroid dienone is 1. The Balaban J connectivity index is 2.38. The number of rotatable bonds is 5. The van der Waals surface area contributed by atoms with Gasteiger partial charge in [-0.05, 0) is 24.3 Å². The molecule has 0 heterocycles. The molecule has 1 aromatic rings. The molecular formula is C12H15I. The lowest BCUT2D eigenvalue weighted by molar-refractivity contribution is 0.666. The first-order chi connectivity index (χ1) is 6.36. The Hall–Kier alpha value is -0.310. The Bertz CT molecular complexity index is 241. The van der Waals surface area contributed by atoms with Crippen molar-refractivity contribution in [3.63, 3.8) is 0 Å². The van der Waals surface area contributed by atoms with Gasteiger partial charge in [0.05, 0.1) is 0 Å². The first-order valence-corrected chi connectivity index (χ1v) is 6.12. The summed E-state index contributed by atoms with van der Waals surface area (Å²) >= 11 is 2.42. The van der Waals surface area contributed by atoms with Gasteiger partial charge in [0.25, 0.3) is 0 Å². The van der Waals surface area contributed by atoms with Gasteiger partial charge in [0.15, 0.2) is 0 Å². The average molecular weight is 286 g/mol. The van der Waals surface area contributed by atoms with E-state index in [9.17, 15) is 0 Å². The molecule has 0 amide bonds. The van der Waals surface area contributed by atoms with Crippen molar-refractivity contribution in [3.05, 3.63) is 48.6 Å². The minimum atomic E-state index is 0.667. The molecule has 0 fully saturated rings. The molecule has 0 aliphatic heterocycles. The first kappa shape index (κ1) is 10.8. The zero-order valence-corrected chi connectivity index (χ0v) is 9.91. The second kappa shape index (κ2) is 6.19. The highest BCUT2D eigenvalue weighted by molar-refractivity contribution is 14.1. The van der Waals surface area contributed by atoms with Crippen molar-refractivity contribution in [3.8, 4) is 0 Å². The maximum absolute atomic E-state index is 3.84. The average Bonchev–Trinajstić information content (AvgIpc) is 2.21. The molecule has 1 rings (SSSR count). The predicted octanol–water partition coefficient (Wildman–Crippen LogP) is 3.86. The van der Waals surface area contributed by atoms with Gasteiger partial charge in [-0.3, -0.25) is 0 Å². The van der Waals surface area contributed by atoms with E-state index in [2.05, 4.69) is 65.6 Å². The molecular weight excluding hydrogens is 271 g/mol. The van der Waals surface area contributed by atoms with Crippen LogP contribution in [0.2, 0.25) is 0 Å². The third kappa shape index (κ3) is 3.94. The van der Waals surface area contributed by atoms with E-state index in [1.54, 1.807) is 0 Å². The maximum Gasteiger partial charge on any atom is 0.00583 e. The number of alkyl halides is 1. The minimum absolute atomic E-state index is 0.667. The molecule has 0 radical (unpaired) electrons. The zero-order valence-electron chi connectivity index (χ0n) is 7.75. The van der Waals surface area contributed by atoms with E-state index in [1.807, 2.05) is 0 Å². The third-order valence-electron chi connectivity index (χ3n) is 2.18. The van der Waals surface area contributed by atoms with Crippen molar-refractivity contribution >= 4 is 22.6 Å². The fraction of sp³-hybridized carbons (Fsp3) is 0.333. The normalized spacial score (nSPS) is 12.4. The van der Waals surface area contributed by atoms with E-state index in [0.29, 0.717) is 5.92 Å². The van der Waals surface area contributed by atoms with Crippen LogP contribution in [0.5, 0.6) is 0 Å². The predicted molar refractivity (Wildman–Crippen MR) is 67.3 cm³/mol. The number of hydrogen-bond donors (Lipinski definition) is 0. The monoisotopic (exact) mass is 286 g/mol. The second-order valence-electron chi connectivity index (χ2n) is 3.17. The molecule has 13 heavy (non-hydrogen) atoms. The quantitative estimate of drug-likeness (QED) is 0.438. The lowest BCUT2D eigenvalue weighted by atomic mass is 10.0. The van der Waals surface area contributed by atoms with Gasteiger partial charge >= 0.3 is 0 Å². The molecule has 0 aromatic heterocycles. The van der Waals surface area contributed by atoms with Crippen LogP contribution < -0.4 is 0 Å².